The summed E-state index contributed by atoms with van der Waals surface area (Å²) >= 11 is 0. The molecular weight excluding hydrogens is 272 g/mol. The van der Waals surface area contributed by atoms with Gasteiger partial charge in [-0.25, -0.2) is 13.1 Å². The molecule has 0 aliphatic carbocycles. The van der Waals surface area contributed by atoms with Gasteiger partial charge in [0.25, 0.3) is 0 Å². The Morgan fingerprint density at radius 3 is 2.39 bits per heavy atom. The molecule has 104 valence electrons. The summed E-state index contributed by atoms with van der Waals surface area (Å²) in [5, 5.41) is 3.15. The molecule has 0 fully saturated rings. The molecule has 6 heteroatoms. The number of sulfonamides is 1. The van der Waals surface area contributed by atoms with Gasteiger partial charge in [-0.05, 0) is 19.0 Å². The van der Waals surface area contributed by atoms with Crippen LogP contribution in [-0.2, 0) is 15.8 Å². The van der Waals surface area contributed by atoms with Crippen molar-refractivity contribution in [2.45, 2.75) is 25.6 Å². The van der Waals surface area contributed by atoms with Crippen molar-refractivity contribution in [2.75, 3.05) is 13.1 Å². The second kappa shape index (κ2) is 8.48. The van der Waals surface area contributed by atoms with Crippen LogP contribution in [0.5, 0.6) is 0 Å². The summed E-state index contributed by atoms with van der Waals surface area (Å²) in [6, 6.07) is 9.32. The zero-order valence-electron chi connectivity index (χ0n) is 10.7. The lowest BCUT2D eigenvalue weighted by atomic mass is 10.2. The van der Waals surface area contributed by atoms with Crippen LogP contribution in [-0.4, -0.2) is 27.5 Å². The summed E-state index contributed by atoms with van der Waals surface area (Å²) in [4.78, 5) is 0. The summed E-state index contributed by atoms with van der Waals surface area (Å²) in [5.74, 6) is 0.0344. The highest BCUT2D eigenvalue weighted by molar-refractivity contribution is 7.88. The average Bonchev–Trinajstić information content (AvgIpc) is 2.28. The summed E-state index contributed by atoms with van der Waals surface area (Å²) in [6.07, 6.45) is 0. The summed E-state index contributed by atoms with van der Waals surface area (Å²) < 4.78 is 26.1. The van der Waals surface area contributed by atoms with Crippen molar-refractivity contribution in [3.05, 3.63) is 35.9 Å². The highest BCUT2D eigenvalue weighted by atomic mass is 35.5. The van der Waals surface area contributed by atoms with Crippen molar-refractivity contribution in [1.82, 2.24) is 10.0 Å². The Hall–Kier alpha value is -0.620. The molecule has 0 saturated heterocycles. The third-order valence-corrected chi connectivity index (χ3v) is 3.68. The Balaban J connectivity index is 0.00000289. The molecule has 2 N–H and O–H groups in total. The largest absolute Gasteiger partial charge is 0.313 e. The lowest BCUT2D eigenvalue weighted by Crippen LogP contribution is -2.39. The first-order valence-electron chi connectivity index (χ1n) is 5.78. The molecule has 0 aliphatic heterocycles. The lowest BCUT2D eigenvalue weighted by molar-refractivity contribution is 0.535. The van der Waals surface area contributed by atoms with Crippen LogP contribution >= 0.6 is 12.4 Å². The second-order valence-corrected chi connectivity index (χ2v) is 5.86. The number of rotatable bonds is 7. The molecule has 1 aromatic carbocycles. The summed E-state index contributed by atoms with van der Waals surface area (Å²) in [7, 11) is -3.24. The topological polar surface area (TPSA) is 58.2 Å². The second-order valence-electron chi connectivity index (χ2n) is 4.05. The fraction of sp³-hybridized carbons (Fsp3) is 0.500. The van der Waals surface area contributed by atoms with Crippen molar-refractivity contribution >= 4 is 22.4 Å². The number of hydrogen-bond acceptors (Lipinski definition) is 3. The van der Waals surface area contributed by atoms with Crippen LogP contribution in [0, 0.1) is 0 Å². The fourth-order valence-electron chi connectivity index (χ4n) is 1.52. The van der Waals surface area contributed by atoms with Gasteiger partial charge >= 0.3 is 0 Å². The minimum absolute atomic E-state index is 0. The van der Waals surface area contributed by atoms with E-state index in [0.29, 0.717) is 6.54 Å². The predicted molar refractivity (Wildman–Crippen MR) is 77.5 cm³/mol. The molecule has 1 rings (SSSR count). The highest BCUT2D eigenvalue weighted by Crippen LogP contribution is 2.03. The van der Waals surface area contributed by atoms with Gasteiger partial charge in [-0.1, -0.05) is 37.3 Å². The van der Waals surface area contributed by atoms with E-state index in [0.717, 1.165) is 12.1 Å². The van der Waals surface area contributed by atoms with Gasteiger partial charge in [0.2, 0.25) is 10.0 Å². The average molecular weight is 293 g/mol. The maximum Gasteiger partial charge on any atom is 0.215 e. The zero-order valence-corrected chi connectivity index (χ0v) is 12.4. The number of nitrogens with one attached hydrogen (secondary N) is 2. The SMILES string of the molecule is CCN[C@H](C)CNS(=O)(=O)Cc1ccccc1.Cl. The molecule has 1 atom stereocenters. The minimum Gasteiger partial charge on any atom is -0.313 e. The van der Waals surface area contributed by atoms with Crippen LogP contribution in [0.4, 0.5) is 0 Å². The first-order chi connectivity index (χ1) is 8.03. The van der Waals surface area contributed by atoms with Gasteiger partial charge in [-0.3, -0.25) is 0 Å². The van der Waals surface area contributed by atoms with Gasteiger partial charge in [-0.15, -0.1) is 12.4 Å². The van der Waals surface area contributed by atoms with E-state index in [1.54, 1.807) is 0 Å². The molecule has 0 spiro atoms. The van der Waals surface area contributed by atoms with E-state index < -0.39 is 10.0 Å². The third kappa shape index (κ3) is 6.96. The third-order valence-electron chi connectivity index (χ3n) is 2.36. The summed E-state index contributed by atoms with van der Waals surface area (Å²) in [5.41, 5.74) is 0.802. The van der Waals surface area contributed by atoms with Gasteiger partial charge < -0.3 is 5.32 Å². The maximum absolute atomic E-state index is 11.8. The normalized spacial score (nSPS) is 12.8. The molecule has 0 bridgehead atoms. The molecule has 0 unspecified atom stereocenters. The summed E-state index contributed by atoms with van der Waals surface area (Å²) in [6.45, 7) is 5.20. The van der Waals surface area contributed by atoms with Gasteiger partial charge in [0.05, 0.1) is 5.75 Å². The van der Waals surface area contributed by atoms with Crippen LogP contribution in [0.3, 0.4) is 0 Å². The van der Waals surface area contributed by atoms with E-state index in [4.69, 9.17) is 0 Å². The molecule has 1 aromatic rings. The Morgan fingerprint density at radius 1 is 1.22 bits per heavy atom. The van der Waals surface area contributed by atoms with Gasteiger partial charge in [-0.2, -0.15) is 0 Å². The van der Waals surface area contributed by atoms with Gasteiger partial charge in [0, 0.05) is 12.6 Å². The smallest absolute Gasteiger partial charge is 0.215 e. The van der Waals surface area contributed by atoms with Crippen molar-refractivity contribution in [2.24, 2.45) is 0 Å². The molecule has 18 heavy (non-hydrogen) atoms. The molecule has 0 saturated carbocycles. The van der Waals surface area contributed by atoms with Gasteiger partial charge in [0.15, 0.2) is 0 Å². The predicted octanol–water partition coefficient (Wildman–Crippen LogP) is 1.53. The Labute approximate surface area is 116 Å². The van der Waals surface area contributed by atoms with Crippen LogP contribution in [0.1, 0.15) is 19.4 Å². The van der Waals surface area contributed by atoms with E-state index in [1.165, 1.54) is 0 Å². The van der Waals surface area contributed by atoms with Crippen LogP contribution < -0.4 is 10.0 Å². The number of hydrogen-bond donors (Lipinski definition) is 2. The Bertz CT molecular complexity index is 423. The van der Waals surface area contributed by atoms with Gasteiger partial charge in [0.1, 0.15) is 0 Å². The quantitative estimate of drug-likeness (QED) is 0.801. The number of likely N-dealkylation sites (N-methyl/N-ethyl adjacent to an activating group) is 1. The monoisotopic (exact) mass is 292 g/mol. The van der Waals surface area contributed by atoms with Crippen LogP contribution in [0.2, 0.25) is 0 Å². The van der Waals surface area contributed by atoms with Crippen molar-refractivity contribution in [1.29, 1.82) is 0 Å². The lowest BCUT2D eigenvalue weighted by Gasteiger charge is -2.13. The van der Waals surface area contributed by atoms with Crippen LogP contribution in [0.15, 0.2) is 30.3 Å². The maximum atomic E-state index is 11.8. The standard InChI is InChI=1S/C12H20N2O2S.ClH/c1-3-13-11(2)9-14-17(15,16)10-12-7-5-4-6-8-12;/h4-8,11,13-14H,3,9-10H2,1-2H3;1H/t11-;/m1./s1. The van der Waals surface area contributed by atoms with E-state index >= 15 is 0 Å². The molecule has 0 heterocycles. The minimum atomic E-state index is -3.24. The van der Waals surface area contributed by atoms with E-state index in [1.807, 2.05) is 44.2 Å². The molecule has 0 aliphatic rings. The Morgan fingerprint density at radius 2 is 1.83 bits per heavy atom. The molecular formula is C12H21ClN2O2S. The van der Waals surface area contributed by atoms with E-state index in [-0.39, 0.29) is 24.2 Å². The zero-order chi connectivity index (χ0) is 12.7. The molecule has 0 amide bonds. The number of benzene rings is 1. The van der Waals surface area contributed by atoms with E-state index in [9.17, 15) is 8.42 Å². The van der Waals surface area contributed by atoms with Crippen molar-refractivity contribution in [3.63, 3.8) is 0 Å². The number of halogens is 1. The molecule has 0 radical (unpaired) electrons. The highest BCUT2D eigenvalue weighted by Gasteiger charge is 2.12. The van der Waals surface area contributed by atoms with Crippen molar-refractivity contribution in [3.8, 4) is 0 Å². The van der Waals surface area contributed by atoms with Crippen LogP contribution in [0.25, 0.3) is 0 Å². The first kappa shape index (κ1) is 17.4. The molecule has 0 aromatic heterocycles. The van der Waals surface area contributed by atoms with Crippen molar-refractivity contribution < 1.29 is 8.42 Å². The Kier molecular flexibility index (Phi) is 8.18. The fourth-order valence-corrected chi connectivity index (χ4v) is 2.75. The van der Waals surface area contributed by atoms with E-state index in [2.05, 4.69) is 10.0 Å². The first-order valence-corrected chi connectivity index (χ1v) is 7.43. The molecule has 4 nitrogen and oxygen atoms in total.